The normalized spacial score (nSPS) is 11.6. The molecule has 4 heterocycles. The zero-order valence-electron chi connectivity index (χ0n) is 32.8. The van der Waals surface area contributed by atoms with Crippen LogP contribution in [0.2, 0.25) is 0 Å². The van der Waals surface area contributed by atoms with Crippen LogP contribution < -0.4 is 0 Å². The average Bonchev–Trinajstić information content (AvgIpc) is 3.77. The van der Waals surface area contributed by atoms with Gasteiger partial charge in [-0.15, -0.1) is 11.3 Å². The van der Waals surface area contributed by atoms with E-state index < -0.39 is 0 Å². The van der Waals surface area contributed by atoms with E-state index in [1.807, 2.05) is 49.2 Å². The molecule has 61 heavy (non-hydrogen) atoms. The fourth-order valence-corrected chi connectivity index (χ4v) is 10.1. The van der Waals surface area contributed by atoms with Crippen molar-refractivity contribution >= 4 is 64.8 Å². The van der Waals surface area contributed by atoms with Crippen molar-refractivity contribution in [2.45, 2.75) is 0 Å². The van der Waals surface area contributed by atoms with Gasteiger partial charge in [-0.1, -0.05) is 103 Å². The molecule has 4 nitrogen and oxygen atoms in total. The Morgan fingerprint density at radius 2 is 0.869 bits per heavy atom. The van der Waals surface area contributed by atoms with Crippen LogP contribution in [0.25, 0.3) is 120 Å². The fourth-order valence-electron chi connectivity index (χ4n) is 9.09. The van der Waals surface area contributed by atoms with E-state index in [4.69, 9.17) is 9.97 Å². The van der Waals surface area contributed by atoms with E-state index in [9.17, 15) is 0 Å². The second-order valence-electron chi connectivity index (χ2n) is 15.5. The molecule has 0 saturated carbocycles. The quantitative estimate of drug-likeness (QED) is 0.124. The SMILES string of the molecule is c1cncc(-c2cc(-c3cccnc3)cc(-c3cc(-c4c5ccccc5c(-c5nc6ccccc6s5)c5ccccc45)cc(-c4cc5ccccc5c5ncccc45)c3)c2)c1. The first-order valence-corrected chi connectivity index (χ1v) is 21.2. The predicted molar refractivity (Wildman–Crippen MR) is 256 cm³/mol. The molecular weight excluding hydrogens is 761 g/mol. The number of aromatic nitrogens is 4. The lowest BCUT2D eigenvalue weighted by Gasteiger charge is -2.19. The van der Waals surface area contributed by atoms with Gasteiger partial charge in [0, 0.05) is 58.4 Å². The van der Waals surface area contributed by atoms with Gasteiger partial charge in [0.25, 0.3) is 0 Å². The van der Waals surface area contributed by atoms with Crippen LogP contribution in [0.1, 0.15) is 0 Å². The van der Waals surface area contributed by atoms with Crippen LogP contribution in [0.3, 0.4) is 0 Å². The molecule has 0 bridgehead atoms. The van der Waals surface area contributed by atoms with Crippen molar-refractivity contribution in [2.75, 3.05) is 0 Å². The molecule has 0 aliphatic heterocycles. The Morgan fingerprint density at radius 3 is 1.51 bits per heavy atom. The molecule has 0 spiro atoms. The van der Waals surface area contributed by atoms with Crippen LogP contribution in [0.15, 0.2) is 207 Å². The van der Waals surface area contributed by atoms with Gasteiger partial charge in [-0.2, -0.15) is 0 Å². The predicted octanol–water partition coefficient (Wildman–Crippen LogP) is 15.1. The summed E-state index contributed by atoms with van der Waals surface area (Å²) in [5, 5.41) is 9.17. The van der Waals surface area contributed by atoms with E-state index in [0.717, 1.165) is 82.3 Å². The maximum Gasteiger partial charge on any atom is 0.125 e. The van der Waals surface area contributed by atoms with Gasteiger partial charge in [0.2, 0.25) is 0 Å². The van der Waals surface area contributed by atoms with E-state index in [2.05, 4.69) is 168 Å². The molecule has 0 fully saturated rings. The first-order valence-electron chi connectivity index (χ1n) is 20.4. The lowest BCUT2D eigenvalue weighted by molar-refractivity contribution is 1.32. The Bertz CT molecular complexity index is 3500. The monoisotopic (exact) mass is 794 g/mol. The summed E-state index contributed by atoms with van der Waals surface area (Å²) < 4.78 is 1.18. The molecule has 0 radical (unpaired) electrons. The number of hydrogen-bond acceptors (Lipinski definition) is 5. The standard InChI is InChI=1S/C56H34N4S/c1-2-15-44-35(12-1)32-50(49-20-11-25-59-55(44)49)42-29-41(40-27-38(36-13-9-23-57-33-36)26-39(28-40)37-14-10-24-58-34-37)30-43(31-42)53-45-16-3-5-18-47(45)54(48-19-6-4-17-46(48)53)56-60-51-21-7-8-22-52(51)61-56/h1-34H. The third-order valence-corrected chi connectivity index (χ3v) is 12.9. The summed E-state index contributed by atoms with van der Waals surface area (Å²) in [6.07, 6.45) is 9.42. The minimum atomic E-state index is 0.996. The van der Waals surface area contributed by atoms with E-state index in [1.54, 1.807) is 11.3 Å². The third-order valence-electron chi connectivity index (χ3n) is 11.8. The zero-order chi connectivity index (χ0) is 40.3. The Balaban J connectivity index is 1.18. The highest BCUT2D eigenvalue weighted by molar-refractivity contribution is 7.21. The Morgan fingerprint density at radius 1 is 0.361 bits per heavy atom. The van der Waals surface area contributed by atoms with Gasteiger partial charge in [-0.05, 0) is 144 Å². The molecule has 5 heteroatoms. The van der Waals surface area contributed by atoms with E-state index in [-0.39, 0.29) is 0 Å². The summed E-state index contributed by atoms with van der Waals surface area (Å²) in [6.45, 7) is 0. The van der Waals surface area contributed by atoms with Crippen molar-refractivity contribution in [1.29, 1.82) is 0 Å². The number of nitrogens with zero attached hydrogens (tertiary/aromatic N) is 4. The second kappa shape index (κ2) is 14.5. The van der Waals surface area contributed by atoms with Gasteiger partial charge in [0.15, 0.2) is 0 Å². The van der Waals surface area contributed by atoms with Crippen molar-refractivity contribution in [3.05, 3.63) is 207 Å². The van der Waals surface area contributed by atoms with E-state index >= 15 is 0 Å². The minimum absolute atomic E-state index is 0.996. The molecule has 0 atom stereocenters. The van der Waals surface area contributed by atoms with Crippen LogP contribution in [-0.2, 0) is 0 Å². The number of fused-ring (bicyclic) bond motifs is 6. The minimum Gasteiger partial charge on any atom is -0.264 e. The summed E-state index contributed by atoms with van der Waals surface area (Å²) in [6, 6.07) is 63.5. The van der Waals surface area contributed by atoms with Crippen LogP contribution in [0.5, 0.6) is 0 Å². The number of hydrogen-bond donors (Lipinski definition) is 0. The highest BCUT2D eigenvalue weighted by atomic mass is 32.1. The summed E-state index contributed by atoms with van der Waals surface area (Å²) >= 11 is 1.76. The number of para-hydroxylation sites is 1. The summed E-state index contributed by atoms with van der Waals surface area (Å²) in [4.78, 5) is 19.2. The lowest BCUT2D eigenvalue weighted by Crippen LogP contribution is -1.93. The molecule has 4 aromatic heterocycles. The van der Waals surface area contributed by atoms with Crippen molar-refractivity contribution in [1.82, 2.24) is 19.9 Å². The van der Waals surface area contributed by atoms with Crippen molar-refractivity contribution in [2.24, 2.45) is 0 Å². The topological polar surface area (TPSA) is 51.6 Å². The van der Waals surface area contributed by atoms with Crippen LogP contribution in [-0.4, -0.2) is 19.9 Å². The van der Waals surface area contributed by atoms with Gasteiger partial charge in [-0.3, -0.25) is 15.0 Å². The van der Waals surface area contributed by atoms with Crippen molar-refractivity contribution < 1.29 is 0 Å². The van der Waals surface area contributed by atoms with Gasteiger partial charge >= 0.3 is 0 Å². The van der Waals surface area contributed by atoms with Gasteiger partial charge in [0.1, 0.15) is 5.01 Å². The summed E-state index contributed by atoms with van der Waals surface area (Å²) in [5.74, 6) is 0. The second-order valence-corrected chi connectivity index (χ2v) is 16.5. The molecule has 12 rings (SSSR count). The molecular formula is C56H34N4S. The van der Waals surface area contributed by atoms with Crippen LogP contribution in [0, 0.1) is 0 Å². The highest BCUT2D eigenvalue weighted by Crippen LogP contribution is 2.47. The first-order chi connectivity index (χ1) is 30.2. The molecule has 12 aromatic rings. The molecule has 284 valence electrons. The average molecular weight is 795 g/mol. The fraction of sp³-hybridized carbons (Fsp3) is 0. The Kier molecular flexibility index (Phi) is 8.32. The number of benzene rings is 8. The Hall–Kier alpha value is -7.86. The Labute approximate surface area is 356 Å². The lowest BCUT2D eigenvalue weighted by atomic mass is 9.85. The molecule has 0 aliphatic rings. The van der Waals surface area contributed by atoms with Gasteiger partial charge < -0.3 is 0 Å². The molecule has 0 amide bonds. The molecule has 0 unspecified atom stereocenters. The number of thiazole rings is 1. The van der Waals surface area contributed by atoms with Crippen LogP contribution in [0.4, 0.5) is 0 Å². The van der Waals surface area contributed by atoms with Gasteiger partial charge in [0.05, 0.1) is 15.7 Å². The maximum absolute atomic E-state index is 5.22. The van der Waals surface area contributed by atoms with Gasteiger partial charge in [-0.25, -0.2) is 4.98 Å². The summed E-state index contributed by atoms with van der Waals surface area (Å²) in [5.41, 5.74) is 14.3. The number of pyridine rings is 3. The largest absolute Gasteiger partial charge is 0.264 e. The molecule has 8 aromatic carbocycles. The smallest absolute Gasteiger partial charge is 0.125 e. The third kappa shape index (κ3) is 6.05. The highest BCUT2D eigenvalue weighted by Gasteiger charge is 2.21. The molecule has 0 saturated heterocycles. The van der Waals surface area contributed by atoms with Crippen molar-refractivity contribution in [3.8, 4) is 66.2 Å². The van der Waals surface area contributed by atoms with Crippen molar-refractivity contribution in [3.63, 3.8) is 0 Å². The van der Waals surface area contributed by atoms with E-state index in [0.29, 0.717) is 0 Å². The van der Waals surface area contributed by atoms with Crippen LogP contribution >= 0.6 is 11.3 Å². The number of rotatable bonds is 6. The summed E-state index contributed by atoms with van der Waals surface area (Å²) in [7, 11) is 0. The maximum atomic E-state index is 5.22. The molecule has 0 N–H and O–H groups in total. The molecule has 0 aliphatic carbocycles. The van der Waals surface area contributed by atoms with E-state index in [1.165, 1.54) is 37.4 Å². The first kappa shape index (κ1) is 35.1. The zero-order valence-corrected chi connectivity index (χ0v) is 33.6.